The summed E-state index contributed by atoms with van der Waals surface area (Å²) in [5, 5.41) is 0. The third-order valence-electron chi connectivity index (χ3n) is 3.29. The zero-order valence-electron chi connectivity index (χ0n) is 11.0. The molecular formula is C17H16N2. The van der Waals surface area contributed by atoms with Crippen LogP contribution in [0.15, 0.2) is 53.7 Å². The van der Waals surface area contributed by atoms with Crippen LogP contribution in [0.5, 0.6) is 0 Å². The van der Waals surface area contributed by atoms with E-state index in [1.807, 2.05) is 25.4 Å². The number of aryl methyl sites for hydroxylation is 1. The van der Waals surface area contributed by atoms with Crippen LogP contribution in [0.4, 0.5) is 0 Å². The standard InChI is InChI=1S/C17H16N2/c1-13-7-8-17(12-19-13)15-5-2-4-14(10-15)16-6-3-9-18-11-16/h2,4-8,10-12H,3,9H2,1H3. The maximum atomic E-state index is 4.36. The average Bonchev–Trinajstić information content (AvgIpc) is 2.49. The number of dihydropyridines is 1. The Morgan fingerprint density at radius 2 is 1.89 bits per heavy atom. The van der Waals surface area contributed by atoms with Crippen LogP contribution < -0.4 is 0 Å². The summed E-state index contributed by atoms with van der Waals surface area (Å²) in [6.45, 7) is 2.91. The van der Waals surface area contributed by atoms with Gasteiger partial charge >= 0.3 is 0 Å². The number of benzene rings is 1. The van der Waals surface area contributed by atoms with Gasteiger partial charge in [-0.15, -0.1) is 0 Å². The van der Waals surface area contributed by atoms with Gasteiger partial charge in [0, 0.05) is 30.2 Å². The minimum atomic E-state index is 0.908. The Balaban J connectivity index is 1.98. The Morgan fingerprint density at radius 1 is 1.00 bits per heavy atom. The van der Waals surface area contributed by atoms with E-state index in [-0.39, 0.29) is 0 Å². The lowest BCUT2D eigenvalue weighted by Gasteiger charge is -2.09. The monoisotopic (exact) mass is 248 g/mol. The second-order valence-electron chi connectivity index (χ2n) is 4.75. The van der Waals surface area contributed by atoms with Gasteiger partial charge in [-0.05, 0) is 42.2 Å². The van der Waals surface area contributed by atoms with Gasteiger partial charge in [0.2, 0.25) is 0 Å². The lowest BCUT2D eigenvalue weighted by molar-refractivity contribution is 1.01. The number of aromatic nitrogens is 1. The van der Waals surface area contributed by atoms with Crippen molar-refractivity contribution in [1.29, 1.82) is 0 Å². The molecule has 0 spiro atoms. The van der Waals surface area contributed by atoms with Gasteiger partial charge in [-0.3, -0.25) is 9.98 Å². The molecule has 2 heteroatoms. The fourth-order valence-corrected chi connectivity index (χ4v) is 2.22. The van der Waals surface area contributed by atoms with Gasteiger partial charge < -0.3 is 0 Å². The van der Waals surface area contributed by atoms with Crippen LogP contribution in [0, 0.1) is 6.92 Å². The number of allylic oxidation sites excluding steroid dienone is 1. The molecule has 0 bridgehead atoms. The predicted molar refractivity (Wildman–Crippen MR) is 80.4 cm³/mol. The van der Waals surface area contributed by atoms with Crippen molar-refractivity contribution >= 4 is 11.8 Å². The molecule has 0 aliphatic carbocycles. The van der Waals surface area contributed by atoms with E-state index in [2.05, 4.69) is 46.4 Å². The molecule has 2 heterocycles. The van der Waals surface area contributed by atoms with Gasteiger partial charge in [-0.1, -0.05) is 30.3 Å². The highest BCUT2D eigenvalue weighted by Gasteiger charge is 2.04. The molecule has 94 valence electrons. The summed E-state index contributed by atoms with van der Waals surface area (Å²) >= 11 is 0. The lowest BCUT2D eigenvalue weighted by atomic mass is 9.99. The molecular weight excluding hydrogens is 232 g/mol. The van der Waals surface area contributed by atoms with Gasteiger partial charge in [0.05, 0.1) is 0 Å². The molecule has 1 aliphatic heterocycles. The molecule has 0 unspecified atom stereocenters. The zero-order valence-corrected chi connectivity index (χ0v) is 11.0. The van der Waals surface area contributed by atoms with Gasteiger partial charge in [0.1, 0.15) is 0 Å². The van der Waals surface area contributed by atoms with Crippen LogP contribution in [-0.2, 0) is 0 Å². The number of hydrogen-bond acceptors (Lipinski definition) is 2. The topological polar surface area (TPSA) is 25.2 Å². The summed E-state index contributed by atoms with van der Waals surface area (Å²) in [7, 11) is 0. The number of aliphatic imine (C=N–C) groups is 1. The summed E-state index contributed by atoms with van der Waals surface area (Å²) in [6, 6.07) is 12.7. The first kappa shape index (κ1) is 11.8. The van der Waals surface area contributed by atoms with Crippen LogP contribution in [0.2, 0.25) is 0 Å². The van der Waals surface area contributed by atoms with E-state index < -0.39 is 0 Å². The van der Waals surface area contributed by atoms with Crippen molar-refractivity contribution in [3.8, 4) is 11.1 Å². The Hall–Kier alpha value is -2.22. The highest BCUT2D eigenvalue weighted by molar-refractivity contribution is 6.10. The maximum absolute atomic E-state index is 4.36. The summed E-state index contributed by atoms with van der Waals surface area (Å²) < 4.78 is 0. The molecule has 0 fully saturated rings. The summed E-state index contributed by atoms with van der Waals surface area (Å²) in [4.78, 5) is 8.70. The van der Waals surface area contributed by atoms with E-state index in [4.69, 9.17) is 0 Å². The third kappa shape index (κ3) is 2.63. The van der Waals surface area contributed by atoms with Crippen molar-refractivity contribution < 1.29 is 0 Å². The quantitative estimate of drug-likeness (QED) is 0.791. The fourth-order valence-electron chi connectivity index (χ4n) is 2.22. The molecule has 1 aromatic heterocycles. The van der Waals surface area contributed by atoms with Crippen molar-refractivity contribution in [3.05, 3.63) is 59.9 Å². The number of rotatable bonds is 2. The SMILES string of the molecule is Cc1ccc(-c2cccc(C3=CCCN=C3)c2)cn1. The van der Waals surface area contributed by atoms with Crippen molar-refractivity contribution in [2.45, 2.75) is 13.3 Å². The van der Waals surface area contributed by atoms with Crippen LogP contribution in [-0.4, -0.2) is 17.7 Å². The summed E-state index contributed by atoms with van der Waals surface area (Å²) in [5.41, 5.74) is 5.84. The van der Waals surface area contributed by atoms with E-state index >= 15 is 0 Å². The van der Waals surface area contributed by atoms with Gasteiger partial charge in [0.25, 0.3) is 0 Å². The van der Waals surface area contributed by atoms with E-state index in [9.17, 15) is 0 Å². The highest BCUT2D eigenvalue weighted by atomic mass is 14.7. The molecule has 1 aromatic carbocycles. The molecule has 2 nitrogen and oxygen atoms in total. The molecule has 0 saturated heterocycles. The maximum Gasteiger partial charge on any atom is 0.0424 e. The summed E-state index contributed by atoms with van der Waals surface area (Å²) in [5.74, 6) is 0. The van der Waals surface area contributed by atoms with Crippen molar-refractivity contribution in [3.63, 3.8) is 0 Å². The normalized spacial score (nSPS) is 14.3. The first-order valence-electron chi connectivity index (χ1n) is 6.56. The van der Waals surface area contributed by atoms with Crippen LogP contribution in [0.25, 0.3) is 16.7 Å². The van der Waals surface area contributed by atoms with E-state index in [1.165, 1.54) is 16.7 Å². The minimum absolute atomic E-state index is 0.908. The molecule has 19 heavy (non-hydrogen) atoms. The smallest absolute Gasteiger partial charge is 0.0424 e. The molecule has 0 N–H and O–H groups in total. The van der Waals surface area contributed by atoms with Crippen LogP contribution in [0.1, 0.15) is 17.7 Å². The first-order valence-corrected chi connectivity index (χ1v) is 6.56. The van der Waals surface area contributed by atoms with Gasteiger partial charge in [-0.25, -0.2) is 0 Å². The highest BCUT2D eigenvalue weighted by Crippen LogP contribution is 2.24. The zero-order chi connectivity index (χ0) is 13.1. The molecule has 3 rings (SSSR count). The third-order valence-corrected chi connectivity index (χ3v) is 3.29. The second kappa shape index (κ2) is 5.19. The van der Waals surface area contributed by atoms with Crippen molar-refractivity contribution in [2.24, 2.45) is 4.99 Å². The van der Waals surface area contributed by atoms with Crippen LogP contribution >= 0.6 is 0 Å². The number of hydrogen-bond donors (Lipinski definition) is 0. The second-order valence-corrected chi connectivity index (χ2v) is 4.75. The van der Waals surface area contributed by atoms with Crippen molar-refractivity contribution in [2.75, 3.05) is 6.54 Å². The predicted octanol–water partition coefficient (Wildman–Crippen LogP) is 3.91. The lowest BCUT2D eigenvalue weighted by Crippen LogP contribution is -1.94. The molecule has 2 aromatic rings. The Morgan fingerprint density at radius 3 is 2.63 bits per heavy atom. The molecule has 1 aliphatic rings. The van der Waals surface area contributed by atoms with Gasteiger partial charge in [0.15, 0.2) is 0 Å². The average molecular weight is 248 g/mol. The number of nitrogens with zero attached hydrogens (tertiary/aromatic N) is 2. The summed E-state index contributed by atoms with van der Waals surface area (Å²) in [6.07, 6.45) is 7.18. The fraction of sp³-hybridized carbons (Fsp3) is 0.176. The molecule has 0 saturated carbocycles. The Labute approximate surface area is 113 Å². The van der Waals surface area contributed by atoms with Crippen LogP contribution in [0.3, 0.4) is 0 Å². The number of pyridine rings is 1. The molecule has 0 amide bonds. The van der Waals surface area contributed by atoms with E-state index in [0.717, 1.165) is 24.2 Å². The van der Waals surface area contributed by atoms with Gasteiger partial charge in [-0.2, -0.15) is 0 Å². The van der Waals surface area contributed by atoms with E-state index in [1.54, 1.807) is 0 Å². The minimum Gasteiger partial charge on any atom is -0.292 e. The molecule has 0 atom stereocenters. The Kier molecular flexibility index (Phi) is 3.23. The molecule has 0 radical (unpaired) electrons. The van der Waals surface area contributed by atoms with Crippen molar-refractivity contribution in [1.82, 2.24) is 4.98 Å². The van der Waals surface area contributed by atoms with E-state index in [0.29, 0.717) is 0 Å². The Bertz CT molecular complexity index is 637. The largest absolute Gasteiger partial charge is 0.292 e. The first-order chi connectivity index (χ1) is 9.33.